The number of aliphatic hydroxyl groups is 3. The summed E-state index contributed by atoms with van der Waals surface area (Å²) in [7, 11) is 1.68. The molecule has 12 N–H and O–H groups in total. The number of hydroxylamine groups is 4. The lowest BCUT2D eigenvalue weighted by atomic mass is 10.1. The summed E-state index contributed by atoms with van der Waals surface area (Å²) in [5, 5.41) is 32.0. The van der Waals surface area contributed by atoms with Crippen LogP contribution in [0.4, 0.5) is 4.39 Å². The molecule has 0 atom stereocenters. The van der Waals surface area contributed by atoms with Gasteiger partial charge in [-0.25, -0.2) is 11.8 Å². The van der Waals surface area contributed by atoms with Crippen molar-refractivity contribution >= 4 is 23.6 Å². The summed E-state index contributed by atoms with van der Waals surface area (Å²) >= 11 is 0. The van der Waals surface area contributed by atoms with Crippen molar-refractivity contribution in [3.05, 3.63) is 70.8 Å². The lowest BCUT2D eigenvalue weighted by Gasteiger charge is -2.10. The lowest BCUT2D eigenvalue weighted by Crippen LogP contribution is -2.29. The number of aliphatic hydroxyl groups excluding tert-OH is 3. The molecule has 4 rings (SSSR count). The van der Waals surface area contributed by atoms with E-state index in [0.717, 1.165) is 18.8 Å². The van der Waals surface area contributed by atoms with Crippen LogP contribution in [0.25, 0.3) is 0 Å². The number of methoxy groups -OCH3 is 1. The van der Waals surface area contributed by atoms with Crippen molar-refractivity contribution in [2.24, 2.45) is 23.5 Å². The van der Waals surface area contributed by atoms with E-state index in [1.807, 2.05) is 20.8 Å². The average molecular weight is 744 g/mol. The number of ether oxygens (including phenoxy) is 1. The van der Waals surface area contributed by atoms with Crippen LogP contribution in [-0.4, -0.2) is 115 Å². The van der Waals surface area contributed by atoms with Crippen molar-refractivity contribution in [3.63, 3.8) is 0 Å². The maximum Gasteiger partial charge on any atom is 0.285 e. The Morgan fingerprint density at radius 2 is 0.882 bits per heavy atom. The first kappa shape index (κ1) is 59.3. The molecule has 2 aliphatic rings. The molecule has 2 heterocycles. The van der Waals surface area contributed by atoms with E-state index in [9.17, 15) is 23.6 Å². The quantitative estimate of drug-likeness (QED) is 0.0940. The summed E-state index contributed by atoms with van der Waals surface area (Å²) in [6.45, 7) is 13.5. The number of hydrazine groups is 1. The molecule has 51 heavy (non-hydrogen) atoms. The summed E-state index contributed by atoms with van der Waals surface area (Å²) in [6.07, 6.45) is 0. The van der Waals surface area contributed by atoms with Crippen LogP contribution >= 0.6 is 0 Å². The standard InChI is InChI=1S/C10H9NO3.C8H5NO3.C3H8O.2C2H7NO.2C2H6O.CH3F.CH4O.CH4.H4N2/c1-2-14-11-9(12)7-5-3-4-6-8(7)10(11)13;10-7-5-3-1-2-4-6(5)8(11)9(7)12;1-3-4-2;2*1-2-4-3;2*1-2-3;2*1-2;;1-2/h3-6H,2H2,1H3;1-4,12H;3H2,1-2H3;2*2-3H2,1H3;2*3H,2H2,1H3;1H3;2H,1H3;1H4;1-2H2/i;;;;;;;1D;;;. The van der Waals surface area contributed by atoms with Gasteiger partial charge in [-0.2, -0.15) is 0 Å². The number of rotatable bonds is 5. The van der Waals surface area contributed by atoms with E-state index in [1.165, 1.54) is 12.1 Å². The number of halogens is 1. The fourth-order valence-electron chi connectivity index (χ4n) is 2.59. The van der Waals surface area contributed by atoms with Crippen LogP contribution in [0.1, 0.15) is 91.8 Å². The SMILES string of the molecule is C.CCO.CCO.CCOC.CCON.CCON.CCON1C(=O)c2ccccc2C1=O.CO.NN.O=C1c2ccccc2C(=O)N1O.[2H]CF. The molecule has 2 aromatic rings. The molecule has 0 aliphatic carbocycles. The van der Waals surface area contributed by atoms with Crippen LogP contribution < -0.4 is 23.5 Å². The Bertz CT molecular complexity index is 1020. The first-order valence-corrected chi connectivity index (χ1v) is 14.7. The number of fused-ring (bicyclic) bond motifs is 2. The zero-order valence-electron chi connectivity index (χ0n) is 31.2. The Labute approximate surface area is 302 Å². The number of amides is 4. The van der Waals surface area contributed by atoms with Crippen molar-refractivity contribution in [2.75, 3.05) is 61.0 Å². The minimum absolute atomic E-state index is 0. The molecule has 4 amide bonds. The first-order valence-electron chi connectivity index (χ1n) is 15.4. The Balaban J connectivity index is -0.0000000963. The number of benzene rings is 2. The minimum Gasteiger partial charge on any atom is -0.400 e. The second-order valence-corrected chi connectivity index (χ2v) is 7.46. The largest absolute Gasteiger partial charge is 0.400 e. The van der Waals surface area contributed by atoms with E-state index in [4.69, 9.17) is 26.7 Å². The second-order valence-electron chi connectivity index (χ2n) is 7.46. The lowest BCUT2D eigenvalue weighted by molar-refractivity contribution is -0.0863. The summed E-state index contributed by atoms with van der Waals surface area (Å²) in [6, 6.07) is 13.0. The number of nitrogens with two attached hydrogens (primary N) is 4. The second kappa shape index (κ2) is 48.3. The maximum atomic E-state index is 11.6. The maximum absolute atomic E-state index is 11.6. The molecule has 2 aromatic carbocycles. The number of nitrogens with zero attached hydrogens (tertiary/aromatic N) is 2. The number of hydrogen-bond donors (Lipinski definition) is 8. The zero-order chi connectivity index (χ0) is 41.2. The number of carbonyl (C=O) groups excluding carboxylic acids is 4. The van der Waals surface area contributed by atoms with E-state index in [0.29, 0.717) is 30.9 Å². The molecule has 0 unspecified atom stereocenters. The number of carbonyl (C=O) groups is 4. The van der Waals surface area contributed by atoms with Gasteiger partial charge in [-0.05, 0) is 65.8 Å². The fraction of sp³-hybridized carbons (Fsp3) is 0.500. The van der Waals surface area contributed by atoms with E-state index in [2.05, 4.69) is 37.9 Å². The van der Waals surface area contributed by atoms with Crippen LogP contribution in [0.15, 0.2) is 48.5 Å². The topological polar surface area (TPSA) is 297 Å². The summed E-state index contributed by atoms with van der Waals surface area (Å²) in [4.78, 5) is 58.3. The predicted molar refractivity (Wildman–Crippen MR) is 192 cm³/mol. The molecular formula is C32H63FN6O12. The molecular weight excluding hydrogens is 679 g/mol. The van der Waals surface area contributed by atoms with Crippen LogP contribution in [-0.2, 0) is 19.2 Å². The van der Waals surface area contributed by atoms with Gasteiger partial charge in [0.25, 0.3) is 23.6 Å². The van der Waals surface area contributed by atoms with Gasteiger partial charge in [0.1, 0.15) is 0 Å². The van der Waals surface area contributed by atoms with Crippen molar-refractivity contribution in [2.45, 2.75) is 49.0 Å². The Morgan fingerprint density at radius 1 is 0.667 bits per heavy atom. The fourth-order valence-corrected chi connectivity index (χ4v) is 2.59. The van der Waals surface area contributed by atoms with E-state index < -0.39 is 19.0 Å². The summed E-state index contributed by atoms with van der Waals surface area (Å²) in [5.74, 6) is 15.0. The molecule has 300 valence electrons. The third-order valence-corrected chi connectivity index (χ3v) is 4.41. The summed E-state index contributed by atoms with van der Waals surface area (Å²) < 4.78 is 20.0. The van der Waals surface area contributed by atoms with Gasteiger partial charge in [-0.3, -0.25) is 45.3 Å². The highest BCUT2D eigenvalue weighted by Gasteiger charge is 2.36. The van der Waals surface area contributed by atoms with Crippen LogP contribution in [0.3, 0.4) is 0 Å². The molecule has 0 fully saturated rings. The number of imide groups is 2. The third-order valence-electron chi connectivity index (χ3n) is 4.41. The van der Waals surface area contributed by atoms with Gasteiger partial charge in [0.15, 0.2) is 0 Å². The van der Waals surface area contributed by atoms with Crippen molar-refractivity contribution in [1.29, 1.82) is 0 Å². The molecule has 2 aliphatic heterocycles. The van der Waals surface area contributed by atoms with Gasteiger partial charge >= 0.3 is 0 Å². The highest BCUT2D eigenvalue weighted by molar-refractivity contribution is 6.21. The number of hydrogen-bond acceptors (Lipinski definition) is 16. The van der Waals surface area contributed by atoms with Crippen LogP contribution in [0.5, 0.6) is 0 Å². The molecule has 0 radical (unpaired) electrons. The zero-order valence-corrected chi connectivity index (χ0v) is 30.2. The molecule has 0 spiro atoms. The predicted octanol–water partition coefficient (Wildman–Crippen LogP) is 2.00. The molecule has 18 nitrogen and oxygen atoms in total. The number of alkyl halides is 1. The molecule has 0 saturated carbocycles. The summed E-state index contributed by atoms with van der Waals surface area (Å²) in [5.41, 5.74) is 1.33. The molecule has 0 bridgehead atoms. The van der Waals surface area contributed by atoms with Crippen molar-refractivity contribution in [3.8, 4) is 0 Å². The van der Waals surface area contributed by atoms with Gasteiger partial charge in [0.2, 0.25) is 0 Å². The monoisotopic (exact) mass is 743 g/mol. The molecule has 0 saturated heterocycles. The molecule has 0 aromatic heterocycles. The van der Waals surface area contributed by atoms with Gasteiger partial charge in [0, 0.05) is 34.0 Å². The van der Waals surface area contributed by atoms with Gasteiger partial charge in [-0.15, -0.1) is 10.1 Å². The molecule has 19 heteroatoms. The van der Waals surface area contributed by atoms with Crippen molar-refractivity contribution in [1.82, 2.24) is 10.1 Å². The normalized spacial score (nSPS) is 10.7. The first-order chi connectivity index (χ1) is 24.5. The average Bonchev–Trinajstić information content (AvgIpc) is 3.54. The highest BCUT2D eigenvalue weighted by Crippen LogP contribution is 2.22. The van der Waals surface area contributed by atoms with Gasteiger partial charge in [0.05, 0.1) is 50.6 Å². The van der Waals surface area contributed by atoms with E-state index >= 15 is 0 Å². The Morgan fingerprint density at radius 3 is 1.06 bits per heavy atom. The minimum atomic E-state index is -1.00. The Hall–Kier alpha value is -3.83. The van der Waals surface area contributed by atoms with Gasteiger partial charge in [-0.1, -0.05) is 31.7 Å². The third kappa shape index (κ3) is 28.5. The van der Waals surface area contributed by atoms with Crippen LogP contribution in [0.2, 0.25) is 0 Å². The van der Waals surface area contributed by atoms with E-state index in [1.54, 1.807) is 64.3 Å². The highest BCUT2D eigenvalue weighted by atomic mass is 19.1. The van der Waals surface area contributed by atoms with Crippen molar-refractivity contribution < 1.29 is 64.7 Å². The Kier molecular flexibility index (Phi) is 56.2. The van der Waals surface area contributed by atoms with E-state index in [-0.39, 0.29) is 48.6 Å². The van der Waals surface area contributed by atoms with Crippen LogP contribution in [0, 0.1) is 0 Å². The smallest absolute Gasteiger partial charge is 0.285 e. The van der Waals surface area contributed by atoms with Gasteiger partial charge < -0.3 is 29.7 Å².